The van der Waals surface area contributed by atoms with Crippen molar-refractivity contribution in [1.29, 1.82) is 0 Å². The van der Waals surface area contributed by atoms with Crippen LogP contribution in [0.2, 0.25) is 0 Å². The lowest BCUT2D eigenvalue weighted by Gasteiger charge is -2.17. The first-order valence-electron chi connectivity index (χ1n) is 11.8. The first kappa shape index (κ1) is 25.3. The number of aromatic hydroxyl groups is 1. The van der Waals surface area contributed by atoms with Gasteiger partial charge in [0.15, 0.2) is 5.69 Å². The van der Waals surface area contributed by atoms with E-state index in [1.54, 1.807) is 0 Å². The highest BCUT2D eigenvalue weighted by Gasteiger charge is 2.30. The molecule has 1 aromatic heterocycles. The second-order valence-electron chi connectivity index (χ2n) is 9.03. The fourth-order valence-corrected chi connectivity index (χ4v) is 4.39. The second-order valence-corrected chi connectivity index (χ2v) is 9.03. The molecule has 10 nitrogen and oxygen atoms in total. The van der Waals surface area contributed by atoms with Gasteiger partial charge in [0, 0.05) is 32.6 Å². The van der Waals surface area contributed by atoms with Gasteiger partial charge in [-0.05, 0) is 42.9 Å². The van der Waals surface area contributed by atoms with Crippen molar-refractivity contribution in [3.05, 3.63) is 57.5 Å². The lowest BCUT2D eigenvalue weighted by molar-refractivity contribution is -0.145. The van der Waals surface area contributed by atoms with Crippen LogP contribution in [0.1, 0.15) is 41.1 Å². The number of benzene rings is 1. The average Bonchev–Trinajstić information content (AvgIpc) is 3.20. The summed E-state index contributed by atoms with van der Waals surface area (Å²) < 4.78 is 27.7. The van der Waals surface area contributed by atoms with Crippen LogP contribution in [-0.4, -0.2) is 63.1 Å². The number of aromatic nitrogens is 2. The number of likely N-dealkylation sites (tertiary alicyclic amines) is 1. The third-order valence-corrected chi connectivity index (χ3v) is 6.51. The normalized spacial score (nSPS) is 19.3. The standard InChI is InChI=1S/C24H27F2N5O5/c25-16-4-1-14(2-5-16)11-27-21(33)19-20(32)23(35)31-10-7-15(3-6-18(31)29-19)12-28-22(34)24(36)30-9-8-17(26)13-30/h1-2,4-5,15,17,32H,3,6-13H2,(H,27,33)(H,28,34)/t15?,17-/m0/s1. The SMILES string of the molecule is O=C(NCC1CCc2nc(C(=O)NCc3ccc(F)cc3)c(O)c(=O)n2CC1)C(=O)N1CC[C@H](F)C1. The van der Waals surface area contributed by atoms with Gasteiger partial charge in [0.2, 0.25) is 5.75 Å². The molecule has 12 heteroatoms. The molecule has 36 heavy (non-hydrogen) atoms. The van der Waals surface area contributed by atoms with Crippen LogP contribution in [-0.2, 0) is 29.1 Å². The topological polar surface area (TPSA) is 134 Å². The summed E-state index contributed by atoms with van der Waals surface area (Å²) in [6, 6.07) is 5.52. The summed E-state index contributed by atoms with van der Waals surface area (Å²) in [5, 5.41) is 15.5. The van der Waals surface area contributed by atoms with Crippen LogP contribution in [0.4, 0.5) is 8.78 Å². The van der Waals surface area contributed by atoms with E-state index < -0.39 is 41.0 Å². The van der Waals surface area contributed by atoms with E-state index in [9.17, 15) is 33.1 Å². The van der Waals surface area contributed by atoms with Gasteiger partial charge < -0.3 is 20.6 Å². The van der Waals surface area contributed by atoms with E-state index in [1.165, 1.54) is 33.7 Å². The Balaban J connectivity index is 1.36. The Bertz CT molecular complexity index is 1220. The van der Waals surface area contributed by atoms with Gasteiger partial charge in [0.05, 0.1) is 6.54 Å². The van der Waals surface area contributed by atoms with E-state index in [-0.39, 0.29) is 50.8 Å². The molecule has 0 spiro atoms. The zero-order chi connectivity index (χ0) is 25.8. The Morgan fingerprint density at radius 2 is 1.83 bits per heavy atom. The lowest BCUT2D eigenvalue weighted by atomic mass is 10.0. The molecular formula is C24H27F2N5O5. The molecule has 0 bridgehead atoms. The smallest absolute Gasteiger partial charge is 0.311 e. The monoisotopic (exact) mass is 503 g/mol. The summed E-state index contributed by atoms with van der Waals surface area (Å²) in [7, 11) is 0. The number of halogens is 2. The summed E-state index contributed by atoms with van der Waals surface area (Å²) >= 11 is 0. The summed E-state index contributed by atoms with van der Waals surface area (Å²) in [5.41, 5.74) is -0.488. The van der Waals surface area contributed by atoms with Crippen molar-refractivity contribution < 1.29 is 28.3 Å². The summed E-state index contributed by atoms with van der Waals surface area (Å²) in [4.78, 5) is 55.1. The number of fused-ring (bicyclic) bond motifs is 1. The van der Waals surface area contributed by atoms with Crippen molar-refractivity contribution in [2.24, 2.45) is 5.92 Å². The Morgan fingerprint density at radius 1 is 1.08 bits per heavy atom. The molecule has 2 aliphatic heterocycles. The Hall–Kier alpha value is -3.83. The van der Waals surface area contributed by atoms with Crippen LogP contribution in [0.25, 0.3) is 0 Å². The van der Waals surface area contributed by atoms with Gasteiger partial charge >= 0.3 is 11.8 Å². The van der Waals surface area contributed by atoms with Gasteiger partial charge in [-0.1, -0.05) is 12.1 Å². The number of carbonyl (C=O) groups excluding carboxylic acids is 3. The third-order valence-electron chi connectivity index (χ3n) is 6.51. The summed E-state index contributed by atoms with van der Waals surface area (Å²) in [5.74, 6) is -3.20. The maximum atomic E-state index is 13.3. The molecule has 0 radical (unpaired) electrons. The molecule has 2 atom stereocenters. The molecule has 1 fully saturated rings. The molecule has 4 rings (SSSR count). The largest absolute Gasteiger partial charge is 0.501 e. The number of aryl methyl sites for hydroxylation is 1. The van der Waals surface area contributed by atoms with Gasteiger partial charge in [-0.15, -0.1) is 0 Å². The van der Waals surface area contributed by atoms with E-state index in [0.717, 1.165) is 0 Å². The predicted octanol–water partition coefficient (Wildman–Crippen LogP) is 0.657. The summed E-state index contributed by atoms with van der Waals surface area (Å²) in [6.45, 7) is 0.600. The number of nitrogens with zero attached hydrogens (tertiary/aromatic N) is 3. The molecular weight excluding hydrogens is 476 g/mol. The quantitative estimate of drug-likeness (QED) is 0.514. The van der Waals surface area contributed by atoms with Gasteiger partial charge in [-0.3, -0.25) is 23.7 Å². The van der Waals surface area contributed by atoms with Gasteiger partial charge in [-0.2, -0.15) is 0 Å². The Labute approximate surface area is 205 Å². The van der Waals surface area contributed by atoms with E-state index in [0.29, 0.717) is 30.7 Å². The second kappa shape index (κ2) is 10.8. The minimum absolute atomic E-state index is 0.0581. The fourth-order valence-electron chi connectivity index (χ4n) is 4.39. The molecule has 1 aromatic carbocycles. The molecule has 2 aliphatic rings. The number of alkyl halides is 1. The molecule has 3 amide bonds. The fraction of sp³-hybridized carbons (Fsp3) is 0.458. The molecule has 192 valence electrons. The number of carbonyl (C=O) groups is 3. The molecule has 0 saturated carbocycles. The van der Waals surface area contributed by atoms with Crippen molar-refractivity contribution in [3.8, 4) is 5.75 Å². The first-order chi connectivity index (χ1) is 17.2. The number of amides is 3. The van der Waals surface area contributed by atoms with Crippen LogP contribution in [0.15, 0.2) is 29.1 Å². The number of hydrogen-bond donors (Lipinski definition) is 3. The number of hydrogen-bond acceptors (Lipinski definition) is 6. The highest BCUT2D eigenvalue weighted by atomic mass is 19.1. The minimum atomic E-state index is -1.11. The molecule has 0 aliphatic carbocycles. The van der Waals surface area contributed by atoms with E-state index in [1.807, 2.05) is 0 Å². The summed E-state index contributed by atoms with van der Waals surface area (Å²) in [6.07, 6.45) is 0.436. The molecule has 3 heterocycles. The third kappa shape index (κ3) is 5.69. The van der Waals surface area contributed by atoms with E-state index in [2.05, 4.69) is 15.6 Å². The van der Waals surface area contributed by atoms with Crippen molar-refractivity contribution in [2.75, 3.05) is 19.6 Å². The van der Waals surface area contributed by atoms with Crippen molar-refractivity contribution in [3.63, 3.8) is 0 Å². The van der Waals surface area contributed by atoms with E-state index in [4.69, 9.17) is 0 Å². The first-order valence-corrected chi connectivity index (χ1v) is 11.8. The highest BCUT2D eigenvalue weighted by Crippen LogP contribution is 2.20. The van der Waals surface area contributed by atoms with Crippen LogP contribution in [0, 0.1) is 11.7 Å². The maximum absolute atomic E-state index is 13.3. The zero-order valence-corrected chi connectivity index (χ0v) is 19.5. The predicted molar refractivity (Wildman–Crippen MR) is 123 cm³/mol. The van der Waals surface area contributed by atoms with Gasteiger partial charge in [0.25, 0.3) is 11.5 Å². The minimum Gasteiger partial charge on any atom is -0.501 e. The molecule has 1 saturated heterocycles. The van der Waals surface area contributed by atoms with Gasteiger partial charge in [0.1, 0.15) is 17.8 Å². The number of rotatable bonds is 5. The molecule has 2 aromatic rings. The van der Waals surface area contributed by atoms with Crippen LogP contribution in [0.5, 0.6) is 5.75 Å². The maximum Gasteiger partial charge on any atom is 0.311 e. The van der Waals surface area contributed by atoms with Crippen molar-refractivity contribution >= 4 is 17.7 Å². The Morgan fingerprint density at radius 3 is 2.53 bits per heavy atom. The van der Waals surface area contributed by atoms with Crippen LogP contribution >= 0.6 is 0 Å². The lowest BCUT2D eigenvalue weighted by Crippen LogP contribution is -2.43. The van der Waals surface area contributed by atoms with E-state index >= 15 is 0 Å². The Kier molecular flexibility index (Phi) is 7.61. The number of nitrogens with one attached hydrogen (secondary N) is 2. The average molecular weight is 504 g/mol. The molecule has 3 N–H and O–H groups in total. The highest BCUT2D eigenvalue weighted by molar-refractivity contribution is 6.35. The van der Waals surface area contributed by atoms with Crippen LogP contribution in [0.3, 0.4) is 0 Å². The van der Waals surface area contributed by atoms with Gasteiger partial charge in [-0.25, -0.2) is 13.8 Å². The van der Waals surface area contributed by atoms with Crippen LogP contribution < -0.4 is 16.2 Å². The zero-order valence-electron chi connectivity index (χ0n) is 19.5. The van der Waals surface area contributed by atoms with Crippen molar-refractivity contribution in [2.45, 2.75) is 44.9 Å². The molecule has 1 unspecified atom stereocenters. The van der Waals surface area contributed by atoms with Crippen molar-refractivity contribution in [1.82, 2.24) is 25.1 Å².